The molecular formula is C13H12N3O3S. The Labute approximate surface area is 120 Å². The molecule has 0 aromatic heterocycles. The number of hydrogen-bond donors (Lipinski definition) is 0. The number of carbonyl (C=O) groups is 2. The van der Waals surface area contributed by atoms with E-state index in [9.17, 15) is 9.59 Å². The van der Waals surface area contributed by atoms with Gasteiger partial charge in [0, 0.05) is 0 Å². The minimum atomic E-state index is -0.573. The third-order valence-corrected chi connectivity index (χ3v) is 3.48. The highest BCUT2D eigenvalue weighted by molar-refractivity contribution is 8.26. The number of amides is 1. The summed E-state index contributed by atoms with van der Waals surface area (Å²) in [7, 11) is 1.26. The second-order valence-electron chi connectivity index (χ2n) is 3.79. The Morgan fingerprint density at radius 1 is 1.30 bits per heavy atom. The molecule has 0 atom stereocenters. The van der Waals surface area contributed by atoms with Crippen molar-refractivity contribution in [1.82, 2.24) is 5.43 Å². The Balaban J connectivity index is 2.23. The summed E-state index contributed by atoms with van der Waals surface area (Å²) in [5, 5.41) is 4.97. The largest absolute Gasteiger partial charge is 0.465 e. The number of ether oxygens (including phenoxy) is 1. The van der Waals surface area contributed by atoms with Gasteiger partial charge in [-0.15, -0.1) is 10.5 Å². The molecule has 1 aromatic rings. The van der Waals surface area contributed by atoms with Crippen LogP contribution in [0, 0.1) is 0 Å². The number of methoxy groups -OCH3 is 1. The van der Waals surface area contributed by atoms with Gasteiger partial charge in [-0.3, -0.25) is 4.79 Å². The van der Waals surface area contributed by atoms with Crippen molar-refractivity contribution in [3.05, 3.63) is 35.4 Å². The van der Waals surface area contributed by atoms with E-state index in [2.05, 4.69) is 20.3 Å². The SMILES string of the molecule is CCC1=N[N]C(=NC(=O)c2ccccc2C(=O)OC)S1. The quantitative estimate of drug-likeness (QED) is 0.798. The summed E-state index contributed by atoms with van der Waals surface area (Å²) in [5.74, 6) is -1.11. The molecule has 1 amide bonds. The molecule has 2 rings (SSSR count). The molecule has 1 aliphatic rings. The lowest BCUT2D eigenvalue weighted by Crippen LogP contribution is -2.11. The topological polar surface area (TPSA) is 82.2 Å². The van der Waals surface area contributed by atoms with Gasteiger partial charge >= 0.3 is 5.97 Å². The van der Waals surface area contributed by atoms with Gasteiger partial charge in [0.25, 0.3) is 5.91 Å². The smallest absolute Gasteiger partial charge is 0.338 e. The zero-order chi connectivity index (χ0) is 14.5. The van der Waals surface area contributed by atoms with E-state index in [0.29, 0.717) is 0 Å². The van der Waals surface area contributed by atoms with E-state index >= 15 is 0 Å². The van der Waals surface area contributed by atoms with Gasteiger partial charge in [-0.25, -0.2) is 4.79 Å². The Kier molecular flexibility index (Phi) is 4.52. The van der Waals surface area contributed by atoms with E-state index in [1.807, 2.05) is 6.92 Å². The van der Waals surface area contributed by atoms with E-state index < -0.39 is 11.9 Å². The average molecular weight is 290 g/mol. The number of aliphatic imine (C=N–C) groups is 1. The first-order chi connectivity index (χ1) is 9.65. The molecule has 1 aliphatic heterocycles. The number of benzene rings is 1. The first-order valence-electron chi connectivity index (χ1n) is 5.91. The molecule has 0 aliphatic carbocycles. The van der Waals surface area contributed by atoms with E-state index in [-0.39, 0.29) is 16.3 Å². The number of nitrogens with zero attached hydrogens (tertiary/aromatic N) is 3. The number of amidine groups is 1. The standard InChI is InChI=1S/C13H12N3O3S/c1-3-10-15-16-13(20-10)14-11(17)8-6-4-5-7-9(8)12(18)19-2/h4-7H,3H2,1-2H3. The Morgan fingerprint density at radius 2 is 2.00 bits per heavy atom. The Hall–Kier alpha value is -2.15. The molecule has 6 nitrogen and oxygen atoms in total. The summed E-state index contributed by atoms with van der Waals surface area (Å²) in [6.45, 7) is 1.94. The Morgan fingerprint density at radius 3 is 2.60 bits per heavy atom. The highest BCUT2D eigenvalue weighted by Gasteiger charge is 2.20. The van der Waals surface area contributed by atoms with Gasteiger partial charge < -0.3 is 4.74 Å². The molecule has 0 saturated heterocycles. The van der Waals surface area contributed by atoms with Crippen molar-refractivity contribution >= 4 is 33.8 Å². The van der Waals surface area contributed by atoms with Crippen molar-refractivity contribution in [2.75, 3.05) is 7.11 Å². The van der Waals surface area contributed by atoms with Crippen molar-refractivity contribution in [2.24, 2.45) is 10.1 Å². The molecule has 1 radical (unpaired) electrons. The first-order valence-corrected chi connectivity index (χ1v) is 6.73. The maximum Gasteiger partial charge on any atom is 0.338 e. The van der Waals surface area contributed by atoms with Crippen LogP contribution in [0.25, 0.3) is 0 Å². The fourth-order valence-corrected chi connectivity index (χ4v) is 2.18. The second-order valence-corrected chi connectivity index (χ2v) is 4.83. The molecule has 7 heteroatoms. The summed E-state index contributed by atoms with van der Waals surface area (Å²) in [6.07, 6.45) is 0.736. The number of esters is 1. The number of carbonyl (C=O) groups excluding carboxylic acids is 2. The molecule has 0 spiro atoms. The van der Waals surface area contributed by atoms with Crippen LogP contribution in [-0.4, -0.2) is 29.2 Å². The van der Waals surface area contributed by atoms with E-state index in [4.69, 9.17) is 0 Å². The fraction of sp³-hybridized carbons (Fsp3) is 0.231. The Bertz CT molecular complexity index is 611. The number of hydrogen-bond acceptors (Lipinski definition) is 5. The summed E-state index contributed by atoms with van der Waals surface area (Å²) in [4.78, 5) is 27.6. The molecular weight excluding hydrogens is 278 g/mol. The van der Waals surface area contributed by atoms with Crippen LogP contribution in [0.15, 0.2) is 34.4 Å². The lowest BCUT2D eigenvalue weighted by atomic mass is 10.1. The highest BCUT2D eigenvalue weighted by Crippen LogP contribution is 2.18. The minimum absolute atomic E-state index is 0.184. The molecule has 1 heterocycles. The lowest BCUT2D eigenvalue weighted by Gasteiger charge is -2.04. The maximum absolute atomic E-state index is 12.1. The van der Waals surface area contributed by atoms with Crippen molar-refractivity contribution < 1.29 is 14.3 Å². The van der Waals surface area contributed by atoms with Crippen LogP contribution < -0.4 is 5.43 Å². The summed E-state index contributed by atoms with van der Waals surface area (Å²) >= 11 is 1.25. The predicted octanol–water partition coefficient (Wildman–Crippen LogP) is 2.04. The maximum atomic E-state index is 12.1. The third-order valence-electron chi connectivity index (χ3n) is 2.52. The van der Waals surface area contributed by atoms with Gasteiger partial charge in [-0.2, -0.15) is 4.99 Å². The molecule has 0 unspecified atom stereocenters. The molecule has 0 saturated carbocycles. The van der Waals surface area contributed by atoms with Gasteiger partial charge in [0.1, 0.15) is 5.04 Å². The van der Waals surface area contributed by atoms with Crippen LogP contribution in [0.4, 0.5) is 0 Å². The highest BCUT2D eigenvalue weighted by atomic mass is 32.2. The van der Waals surface area contributed by atoms with Crippen molar-refractivity contribution in [1.29, 1.82) is 0 Å². The van der Waals surface area contributed by atoms with Crippen molar-refractivity contribution in [3.8, 4) is 0 Å². The molecule has 20 heavy (non-hydrogen) atoms. The normalized spacial score (nSPS) is 15.7. The molecule has 0 bridgehead atoms. The number of rotatable bonds is 3. The van der Waals surface area contributed by atoms with E-state index in [1.54, 1.807) is 12.1 Å². The van der Waals surface area contributed by atoms with Crippen LogP contribution in [-0.2, 0) is 4.74 Å². The molecule has 0 N–H and O–H groups in total. The zero-order valence-corrected chi connectivity index (χ0v) is 11.8. The van der Waals surface area contributed by atoms with Crippen LogP contribution in [0.5, 0.6) is 0 Å². The average Bonchev–Trinajstić information content (AvgIpc) is 2.94. The lowest BCUT2D eigenvalue weighted by molar-refractivity contribution is 0.0597. The molecule has 0 fully saturated rings. The van der Waals surface area contributed by atoms with Crippen LogP contribution in [0.2, 0.25) is 0 Å². The first kappa shape index (κ1) is 14.3. The summed E-state index contributed by atoms with van der Waals surface area (Å²) in [5.41, 5.74) is 4.18. The van der Waals surface area contributed by atoms with Gasteiger partial charge in [-0.1, -0.05) is 19.1 Å². The van der Waals surface area contributed by atoms with Crippen LogP contribution >= 0.6 is 11.8 Å². The van der Waals surface area contributed by atoms with Crippen molar-refractivity contribution in [2.45, 2.75) is 13.3 Å². The van der Waals surface area contributed by atoms with E-state index in [1.165, 1.54) is 31.0 Å². The molecule has 103 valence electrons. The van der Waals surface area contributed by atoms with Gasteiger partial charge in [0.15, 0.2) is 0 Å². The van der Waals surface area contributed by atoms with Crippen LogP contribution in [0.3, 0.4) is 0 Å². The summed E-state index contributed by atoms with van der Waals surface area (Å²) in [6, 6.07) is 6.36. The fourth-order valence-electron chi connectivity index (χ4n) is 1.54. The van der Waals surface area contributed by atoms with Gasteiger partial charge in [0.2, 0.25) is 5.17 Å². The summed E-state index contributed by atoms with van der Waals surface area (Å²) < 4.78 is 4.64. The van der Waals surface area contributed by atoms with Gasteiger partial charge in [-0.05, 0) is 30.3 Å². The third kappa shape index (κ3) is 3.05. The number of thioether (sulfide) groups is 1. The monoisotopic (exact) mass is 290 g/mol. The van der Waals surface area contributed by atoms with Gasteiger partial charge in [0.05, 0.1) is 18.2 Å². The van der Waals surface area contributed by atoms with Crippen molar-refractivity contribution in [3.63, 3.8) is 0 Å². The second kappa shape index (κ2) is 6.33. The van der Waals surface area contributed by atoms with E-state index in [0.717, 1.165) is 11.5 Å². The molecule has 1 aromatic carbocycles. The zero-order valence-electron chi connectivity index (χ0n) is 11.0. The van der Waals surface area contributed by atoms with Crippen LogP contribution in [0.1, 0.15) is 34.1 Å². The minimum Gasteiger partial charge on any atom is -0.465 e. The predicted molar refractivity (Wildman–Crippen MR) is 77.0 cm³/mol.